The zero-order valence-corrected chi connectivity index (χ0v) is 13.7. The monoisotopic (exact) mass is 318 g/mol. The van der Waals surface area contributed by atoms with Crippen molar-refractivity contribution in [3.8, 4) is 11.5 Å². The number of allylic oxidation sites excluding steroid dienone is 1. The molecule has 24 heavy (non-hydrogen) atoms. The first kappa shape index (κ1) is 15.8. The predicted molar refractivity (Wildman–Crippen MR) is 96.9 cm³/mol. The molecule has 0 fully saturated rings. The van der Waals surface area contributed by atoms with Gasteiger partial charge in [0.2, 0.25) is 0 Å². The van der Waals surface area contributed by atoms with Crippen molar-refractivity contribution < 1.29 is 14.3 Å². The minimum Gasteiger partial charge on any atom is -0.497 e. The van der Waals surface area contributed by atoms with Crippen LogP contribution in [0.4, 0.5) is 0 Å². The Labute approximate surface area is 141 Å². The van der Waals surface area contributed by atoms with Crippen molar-refractivity contribution in [2.45, 2.75) is 0 Å². The number of benzene rings is 3. The van der Waals surface area contributed by atoms with E-state index in [1.807, 2.05) is 42.5 Å². The van der Waals surface area contributed by atoms with Gasteiger partial charge in [-0.15, -0.1) is 0 Å². The highest BCUT2D eigenvalue weighted by Crippen LogP contribution is 2.22. The normalized spacial score (nSPS) is 10.9. The Morgan fingerprint density at radius 2 is 1.42 bits per heavy atom. The molecule has 3 aromatic rings. The molecule has 3 rings (SSSR count). The van der Waals surface area contributed by atoms with Crippen LogP contribution in [-0.4, -0.2) is 20.0 Å². The van der Waals surface area contributed by atoms with Crippen LogP contribution in [0.5, 0.6) is 11.5 Å². The zero-order valence-electron chi connectivity index (χ0n) is 13.7. The van der Waals surface area contributed by atoms with Gasteiger partial charge in [-0.1, -0.05) is 24.3 Å². The van der Waals surface area contributed by atoms with Crippen LogP contribution in [0.3, 0.4) is 0 Å². The second-order valence-electron chi connectivity index (χ2n) is 5.40. The smallest absolute Gasteiger partial charge is 0.185 e. The Kier molecular flexibility index (Phi) is 4.62. The molecule has 0 saturated carbocycles. The Balaban J connectivity index is 1.80. The molecule has 0 aliphatic carbocycles. The number of carbonyl (C=O) groups is 1. The number of fused-ring (bicyclic) bond motifs is 1. The topological polar surface area (TPSA) is 35.5 Å². The number of carbonyl (C=O) groups excluding carboxylic acids is 1. The largest absolute Gasteiger partial charge is 0.497 e. The molecule has 0 heterocycles. The van der Waals surface area contributed by atoms with Gasteiger partial charge in [0.05, 0.1) is 14.2 Å². The van der Waals surface area contributed by atoms with E-state index in [1.54, 1.807) is 44.6 Å². The van der Waals surface area contributed by atoms with Crippen molar-refractivity contribution in [3.05, 3.63) is 77.9 Å². The van der Waals surface area contributed by atoms with Gasteiger partial charge >= 0.3 is 0 Å². The van der Waals surface area contributed by atoms with Crippen molar-refractivity contribution in [1.29, 1.82) is 0 Å². The second-order valence-corrected chi connectivity index (χ2v) is 5.40. The third kappa shape index (κ3) is 3.46. The fraction of sp³-hybridized carbons (Fsp3) is 0.0952. The Morgan fingerprint density at radius 1 is 0.792 bits per heavy atom. The van der Waals surface area contributed by atoms with Gasteiger partial charge in [0.15, 0.2) is 5.78 Å². The highest BCUT2D eigenvalue weighted by molar-refractivity contribution is 6.07. The molecular weight excluding hydrogens is 300 g/mol. The Hall–Kier alpha value is -3.07. The highest BCUT2D eigenvalue weighted by Gasteiger charge is 2.02. The van der Waals surface area contributed by atoms with Crippen LogP contribution in [0.2, 0.25) is 0 Å². The third-order valence-corrected chi connectivity index (χ3v) is 3.87. The summed E-state index contributed by atoms with van der Waals surface area (Å²) in [5.74, 6) is 1.54. The van der Waals surface area contributed by atoms with E-state index in [4.69, 9.17) is 9.47 Å². The predicted octanol–water partition coefficient (Wildman–Crippen LogP) is 4.75. The molecule has 0 bridgehead atoms. The van der Waals surface area contributed by atoms with Crippen LogP contribution in [0.15, 0.2) is 66.7 Å². The minimum absolute atomic E-state index is 0.0347. The maximum atomic E-state index is 12.2. The molecule has 0 saturated heterocycles. The number of methoxy groups -OCH3 is 2. The fourth-order valence-electron chi connectivity index (χ4n) is 2.50. The molecule has 0 N–H and O–H groups in total. The van der Waals surface area contributed by atoms with Gasteiger partial charge in [0.25, 0.3) is 0 Å². The fourth-order valence-corrected chi connectivity index (χ4v) is 2.50. The molecule has 0 aromatic heterocycles. The highest BCUT2D eigenvalue weighted by atomic mass is 16.5. The molecule has 0 unspecified atom stereocenters. The summed E-state index contributed by atoms with van der Waals surface area (Å²) < 4.78 is 10.3. The zero-order chi connectivity index (χ0) is 16.9. The second kappa shape index (κ2) is 7.01. The average Bonchev–Trinajstić information content (AvgIpc) is 2.65. The number of hydrogen-bond acceptors (Lipinski definition) is 3. The van der Waals surface area contributed by atoms with Crippen molar-refractivity contribution in [2.75, 3.05) is 14.2 Å². The Bertz CT molecular complexity index is 893. The van der Waals surface area contributed by atoms with Crippen LogP contribution in [0.1, 0.15) is 15.9 Å². The summed E-state index contributed by atoms with van der Waals surface area (Å²) in [5, 5.41) is 2.21. The maximum absolute atomic E-state index is 12.2. The van der Waals surface area contributed by atoms with Gasteiger partial charge in [0.1, 0.15) is 11.5 Å². The summed E-state index contributed by atoms with van der Waals surface area (Å²) in [6.07, 6.45) is 3.42. The summed E-state index contributed by atoms with van der Waals surface area (Å²) in [6, 6.07) is 19.1. The standard InChI is InChI=1S/C21H18O3/c1-23-19-9-6-16(7-10-19)21(22)12-4-15-3-5-18-14-20(24-2)11-8-17(18)13-15/h3-14H,1-2H3/b12-4+. The van der Waals surface area contributed by atoms with E-state index >= 15 is 0 Å². The van der Waals surface area contributed by atoms with Crippen molar-refractivity contribution in [2.24, 2.45) is 0 Å². The summed E-state index contributed by atoms with van der Waals surface area (Å²) in [7, 11) is 3.26. The SMILES string of the molecule is COc1ccc(C(=O)/C=C/c2ccc3cc(OC)ccc3c2)cc1. The molecule has 3 heteroatoms. The average molecular weight is 318 g/mol. The lowest BCUT2D eigenvalue weighted by Gasteiger charge is -2.03. The Morgan fingerprint density at radius 3 is 2.12 bits per heavy atom. The number of ketones is 1. The third-order valence-electron chi connectivity index (χ3n) is 3.87. The van der Waals surface area contributed by atoms with E-state index in [0.29, 0.717) is 5.56 Å². The first-order valence-corrected chi connectivity index (χ1v) is 7.64. The lowest BCUT2D eigenvalue weighted by molar-refractivity contribution is 0.104. The maximum Gasteiger partial charge on any atom is 0.185 e. The summed E-state index contributed by atoms with van der Waals surface area (Å²) in [5.41, 5.74) is 1.62. The first-order chi connectivity index (χ1) is 11.7. The molecule has 0 amide bonds. The molecular formula is C21H18O3. The van der Waals surface area contributed by atoms with Crippen molar-refractivity contribution in [3.63, 3.8) is 0 Å². The van der Waals surface area contributed by atoms with E-state index in [2.05, 4.69) is 0 Å². The van der Waals surface area contributed by atoms with Gasteiger partial charge < -0.3 is 9.47 Å². The molecule has 0 aliphatic heterocycles. The molecule has 3 nitrogen and oxygen atoms in total. The molecule has 120 valence electrons. The first-order valence-electron chi connectivity index (χ1n) is 7.64. The molecule has 0 spiro atoms. The summed E-state index contributed by atoms with van der Waals surface area (Å²) in [6.45, 7) is 0. The molecule has 0 atom stereocenters. The van der Waals surface area contributed by atoms with Crippen LogP contribution in [-0.2, 0) is 0 Å². The van der Waals surface area contributed by atoms with E-state index in [9.17, 15) is 4.79 Å². The van der Waals surface area contributed by atoms with Crippen molar-refractivity contribution in [1.82, 2.24) is 0 Å². The van der Waals surface area contributed by atoms with E-state index in [1.165, 1.54) is 0 Å². The minimum atomic E-state index is -0.0347. The van der Waals surface area contributed by atoms with Crippen LogP contribution in [0, 0.1) is 0 Å². The van der Waals surface area contributed by atoms with Gasteiger partial charge in [-0.3, -0.25) is 4.79 Å². The van der Waals surface area contributed by atoms with E-state index < -0.39 is 0 Å². The quantitative estimate of drug-likeness (QED) is 0.503. The molecule has 3 aromatic carbocycles. The lowest BCUT2D eigenvalue weighted by Crippen LogP contribution is -1.94. The molecule has 0 radical (unpaired) electrons. The van der Waals surface area contributed by atoms with Gasteiger partial charge in [-0.05, 0) is 64.9 Å². The molecule has 0 aliphatic rings. The number of rotatable bonds is 5. The van der Waals surface area contributed by atoms with Crippen LogP contribution >= 0.6 is 0 Å². The van der Waals surface area contributed by atoms with Crippen molar-refractivity contribution >= 4 is 22.6 Å². The van der Waals surface area contributed by atoms with Crippen LogP contribution < -0.4 is 9.47 Å². The van der Waals surface area contributed by atoms with Gasteiger partial charge in [-0.25, -0.2) is 0 Å². The number of hydrogen-bond donors (Lipinski definition) is 0. The summed E-state index contributed by atoms with van der Waals surface area (Å²) in [4.78, 5) is 12.2. The van der Waals surface area contributed by atoms with Crippen LogP contribution in [0.25, 0.3) is 16.8 Å². The lowest BCUT2D eigenvalue weighted by atomic mass is 10.0. The van der Waals surface area contributed by atoms with Gasteiger partial charge in [0, 0.05) is 5.56 Å². The van der Waals surface area contributed by atoms with E-state index in [-0.39, 0.29) is 5.78 Å². The summed E-state index contributed by atoms with van der Waals surface area (Å²) >= 11 is 0. The number of ether oxygens (including phenoxy) is 2. The van der Waals surface area contributed by atoms with Gasteiger partial charge in [-0.2, -0.15) is 0 Å². The van der Waals surface area contributed by atoms with E-state index in [0.717, 1.165) is 27.8 Å².